The van der Waals surface area contributed by atoms with Crippen LogP contribution in [0.1, 0.15) is 23.6 Å². The van der Waals surface area contributed by atoms with Crippen LogP contribution < -0.4 is 10.9 Å². The van der Waals surface area contributed by atoms with Crippen LogP contribution in [0.4, 0.5) is 5.69 Å². The number of aryl methyl sites for hydroxylation is 2. The van der Waals surface area contributed by atoms with Gasteiger partial charge in [-0.1, -0.05) is 55.1 Å². The number of hydrogen-bond donors (Lipinski definition) is 1. The number of aromatic nitrogens is 4. The van der Waals surface area contributed by atoms with E-state index in [9.17, 15) is 9.59 Å². The van der Waals surface area contributed by atoms with Crippen molar-refractivity contribution in [2.24, 2.45) is 0 Å². The van der Waals surface area contributed by atoms with Gasteiger partial charge in [0.1, 0.15) is 0 Å². The quantitative estimate of drug-likeness (QED) is 0.346. The SMILES string of the molecule is CCc1ccc(-n2c(=O)c3ccccc3n3c(SCC(=O)Nc4cccc(C)c4C)nnc23)cc1. The third-order valence-electron chi connectivity index (χ3n) is 6.21. The Morgan fingerprint density at radius 3 is 2.51 bits per heavy atom. The van der Waals surface area contributed by atoms with Gasteiger partial charge < -0.3 is 5.32 Å². The van der Waals surface area contributed by atoms with Gasteiger partial charge in [-0.3, -0.25) is 14.0 Å². The normalized spacial score (nSPS) is 11.3. The topological polar surface area (TPSA) is 81.3 Å². The smallest absolute Gasteiger partial charge is 0.267 e. The van der Waals surface area contributed by atoms with Crippen LogP contribution in [-0.2, 0) is 11.2 Å². The molecule has 0 spiro atoms. The standard InChI is InChI=1S/C27H25N5O2S/c1-4-19-12-14-20(15-13-19)31-25(34)21-9-5-6-11-23(21)32-26(31)29-30-27(32)35-16-24(33)28-22-10-7-8-17(2)18(22)3/h5-15H,4,16H2,1-3H3,(H,28,33). The molecule has 1 N–H and O–H groups in total. The number of thioether (sulfide) groups is 1. The van der Waals surface area contributed by atoms with E-state index in [2.05, 4.69) is 22.4 Å². The maximum atomic E-state index is 13.4. The van der Waals surface area contributed by atoms with Gasteiger partial charge in [0.25, 0.3) is 5.56 Å². The highest BCUT2D eigenvalue weighted by molar-refractivity contribution is 7.99. The molecule has 0 atom stereocenters. The van der Waals surface area contributed by atoms with Gasteiger partial charge in [0, 0.05) is 5.69 Å². The van der Waals surface area contributed by atoms with Crippen LogP contribution in [0.2, 0.25) is 0 Å². The predicted molar refractivity (Wildman–Crippen MR) is 141 cm³/mol. The minimum Gasteiger partial charge on any atom is -0.325 e. The van der Waals surface area contributed by atoms with Crippen molar-refractivity contribution in [2.45, 2.75) is 32.3 Å². The lowest BCUT2D eigenvalue weighted by Gasteiger charge is -2.12. The molecule has 1 amide bonds. The molecule has 8 heteroatoms. The van der Waals surface area contributed by atoms with Crippen molar-refractivity contribution in [2.75, 3.05) is 11.1 Å². The largest absolute Gasteiger partial charge is 0.325 e. The van der Waals surface area contributed by atoms with E-state index in [1.165, 1.54) is 17.3 Å². The maximum absolute atomic E-state index is 13.4. The van der Waals surface area contributed by atoms with Gasteiger partial charge >= 0.3 is 0 Å². The first-order valence-electron chi connectivity index (χ1n) is 11.4. The van der Waals surface area contributed by atoms with Crippen molar-refractivity contribution in [1.82, 2.24) is 19.2 Å². The number of para-hydroxylation sites is 1. The first-order valence-corrected chi connectivity index (χ1v) is 12.4. The van der Waals surface area contributed by atoms with Gasteiger partial charge in [-0.15, -0.1) is 10.2 Å². The molecule has 0 aliphatic carbocycles. The first-order chi connectivity index (χ1) is 17.0. The number of nitrogens with zero attached hydrogens (tertiary/aromatic N) is 4. The molecule has 3 aromatic carbocycles. The zero-order valence-electron chi connectivity index (χ0n) is 19.8. The number of nitrogens with one attached hydrogen (secondary N) is 1. The van der Waals surface area contributed by atoms with Crippen molar-refractivity contribution in [3.8, 4) is 5.69 Å². The molecule has 0 aliphatic rings. The zero-order valence-corrected chi connectivity index (χ0v) is 20.6. The van der Waals surface area contributed by atoms with Gasteiger partial charge in [-0.2, -0.15) is 0 Å². The molecule has 2 aromatic heterocycles. The Hall–Kier alpha value is -3.91. The number of anilines is 1. The van der Waals surface area contributed by atoms with Gasteiger partial charge in [0.05, 0.1) is 22.3 Å². The molecule has 35 heavy (non-hydrogen) atoms. The molecule has 5 rings (SSSR count). The summed E-state index contributed by atoms with van der Waals surface area (Å²) in [5, 5.41) is 12.8. The Kier molecular flexibility index (Phi) is 6.13. The summed E-state index contributed by atoms with van der Waals surface area (Å²) in [6.07, 6.45) is 0.915. The summed E-state index contributed by atoms with van der Waals surface area (Å²) in [7, 11) is 0. The monoisotopic (exact) mass is 483 g/mol. The summed E-state index contributed by atoms with van der Waals surface area (Å²) in [5.74, 6) is 0.441. The highest BCUT2D eigenvalue weighted by Gasteiger charge is 2.19. The van der Waals surface area contributed by atoms with Crippen molar-refractivity contribution < 1.29 is 4.79 Å². The molecule has 7 nitrogen and oxygen atoms in total. The van der Waals surface area contributed by atoms with E-state index in [0.29, 0.717) is 21.8 Å². The minimum absolute atomic E-state index is 0.131. The Bertz CT molecular complexity index is 1620. The maximum Gasteiger partial charge on any atom is 0.267 e. The van der Waals surface area contributed by atoms with Crippen LogP contribution >= 0.6 is 11.8 Å². The fourth-order valence-electron chi connectivity index (χ4n) is 4.09. The second-order valence-electron chi connectivity index (χ2n) is 8.38. The molecule has 2 heterocycles. The molecule has 0 fully saturated rings. The van der Waals surface area contributed by atoms with Crippen LogP contribution in [0.25, 0.3) is 22.4 Å². The predicted octanol–water partition coefficient (Wildman–Crippen LogP) is 4.94. The Morgan fingerprint density at radius 2 is 1.74 bits per heavy atom. The van der Waals surface area contributed by atoms with E-state index in [4.69, 9.17) is 0 Å². The highest BCUT2D eigenvalue weighted by Crippen LogP contribution is 2.24. The average Bonchev–Trinajstić information content (AvgIpc) is 3.30. The van der Waals surface area contributed by atoms with Crippen molar-refractivity contribution >= 4 is 40.0 Å². The summed E-state index contributed by atoms with van der Waals surface area (Å²) in [5.41, 5.74) is 5.42. The van der Waals surface area contributed by atoms with Gasteiger partial charge in [-0.05, 0) is 67.3 Å². The second kappa shape index (κ2) is 9.38. The van der Waals surface area contributed by atoms with Crippen LogP contribution in [0.5, 0.6) is 0 Å². The highest BCUT2D eigenvalue weighted by atomic mass is 32.2. The molecule has 0 radical (unpaired) electrons. The van der Waals surface area contributed by atoms with Crippen molar-refractivity contribution in [3.63, 3.8) is 0 Å². The molecular formula is C27H25N5O2S. The summed E-state index contributed by atoms with van der Waals surface area (Å²) in [6, 6.07) is 21.1. The van der Waals surface area contributed by atoms with E-state index in [0.717, 1.165) is 28.9 Å². The van der Waals surface area contributed by atoms with Gasteiger partial charge in [-0.25, -0.2) is 4.57 Å². The Labute approximate surface area is 206 Å². The third-order valence-corrected chi connectivity index (χ3v) is 7.14. The summed E-state index contributed by atoms with van der Waals surface area (Å²) in [4.78, 5) is 26.2. The molecule has 0 aliphatic heterocycles. The number of carbonyl (C=O) groups excluding carboxylic acids is 1. The third kappa shape index (κ3) is 4.21. The summed E-state index contributed by atoms with van der Waals surface area (Å²) < 4.78 is 3.43. The number of fused-ring (bicyclic) bond motifs is 3. The van der Waals surface area contributed by atoms with Crippen LogP contribution in [0.3, 0.4) is 0 Å². The molecule has 0 bridgehead atoms. The lowest BCUT2D eigenvalue weighted by molar-refractivity contribution is -0.113. The van der Waals surface area contributed by atoms with E-state index >= 15 is 0 Å². The second-order valence-corrected chi connectivity index (χ2v) is 9.32. The molecule has 0 saturated carbocycles. The summed E-state index contributed by atoms with van der Waals surface area (Å²) >= 11 is 1.29. The number of carbonyl (C=O) groups is 1. The minimum atomic E-state index is -0.158. The van der Waals surface area contributed by atoms with Gasteiger partial charge in [0.2, 0.25) is 11.7 Å². The van der Waals surface area contributed by atoms with Crippen molar-refractivity contribution in [1.29, 1.82) is 0 Å². The fraction of sp³-hybridized carbons (Fsp3) is 0.185. The Morgan fingerprint density at radius 1 is 0.971 bits per heavy atom. The van der Waals surface area contributed by atoms with Gasteiger partial charge in [0.15, 0.2) is 5.16 Å². The molecule has 0 saturated heterocycles. The van der Waals surface area contributed by atoms with Crippen LogP contribution in [0, 0.1) is 13.8 Å². The lowest BCUT2D eigenvalue weighted by atomic mass is 10.1. The fourth-order valence-corrected chi connectivity index (χ4v) is 4.83. The molecule has 5 aromatic rings. The number of rotatable bonds is 6. The van der Waals surface area contributed by atoms with Crippen LogP contribution in [-0.4, -0.2) is 30.8 Å². The van der Waals surface area contributed by atoms with Crippen LogP contribution in [0.15, 0.2) is 76.7 Å². The Balaban J connectivity index is 1.53. The van der Waals surface area contributed by atoms with E-state index in [-0.39, 0.29) is 17.2 Å². The first kappa shape index (κ1) is 22.9. The lowest BCUT2D eigenvalue weighted by Crippen LogP contribution is -2.22. The number of hydrogen-bond acceptors (Lipinski definition) is 5. The molecule has 176 valence electrons. The van der Waals surface area contributed by atoms with E-state index < -0.39 is 0 Å². The average molecular weight is 484 g/mol. The number of amides is 1. The van der Waals surface area contributed by atoms with E-state index in [1.807, 2.05) is 78.9 Å². The zero-order chi connectivity index (χ0) is 24.5. The molecule has 0 unspecified atom stereocenters. The molecular weight excluding hydrogens is 458 g/mol. The van der Waals surface area contributed by atoms with E-state index in [1.54, 1.807) is 10.6 Å². The summed E-state index contributed by atoms with van der Waals surface area (Å²) in [6.45, 7) is 6.10. The van der Waals surface area contributed by atoms with Crippen molar-refractivity contribution in [3.05, 3.63) is 93.8 Å². The number of benzene rings is 3.